The highest BCUT2D eigenvalue weighted by atomic mass is 16.7. The van der Waals surface area contributed by atoms with Gasteiger partial charge in [-0.05, 0) is 86.0 Å². The van der Waals surface area contributed by atoms with Crippen molar-refractivity contribution in [2.75, 3.05) is 18.1 Å². The summed E-state index contributed by atoms with van der Waals surface area (Å²) in [5, 5.41) is 13.2. The van der Waals surface area contributed by atoms with E-state index >= 15 is 0 Å². The average Bonchev–Trinajstić information content (AvgIpc) is 3.40. The van der Waals surface area contributed by atoms with E-state index in [9.17, 15) is 14.7 Å². The number of amides is 1. The smallest absolute Gasteiger partial charge is 0.414 e. The van der Waals surface area contributed by atoms with Crippen molar-refractivity contribution in [3.8, 4) is 0 Å². The van der Waals surface area contributed by atoms with E-state index < -0.39 is 35.1 Å². The van der Waals surface area contributed by atoms with E-state index in [0.29, 0.717) is 18.0 Å². The van der Waals surface area contributed by atoms with Crippen LogP contribution in [0.2, 0.25) is 0 Å². The van der Waals surface area contributed by atoms with Crippen LogP contribution < -0.4 is 4.90 Å². The topological polar surface area (TPSA) is 85.3 Å². The summed E-state index contributed by atoms with van der Waals surface area (Å²) in [6.45, 7) is 12.9. The van der Waals surface area contributed by atoms with Crippen LogP contribution in [-0.2, 0) is 25.4 Å². The van der Waals surface area contributed by atoms with Crippen LogP contribution in [0.25, 0.3) is 0 Å². The Balaban J connectivity index is 1.35. The molecule has 2 aliphatic heterocycles. The van der Waals surface area contributed by atoms with Crippen LogP contribution in [0.5, 0.6) is 0 Å². The summed E-state index contributed by atoms with van der Waals surface area (Å²) >= 11 is 0. The molecule has 7 heteroatoms. The van der Waals surface area contributed by atoms with E-state index in [0.717, 1.165) is 36.1 Å². The Kier molecular flexibility index (Phi) is 5.48. The Morgan fingerprint density at radius 3 is 2.70 bits per heavy atom. The fraction of sp³-hybridized carbons (Fsp3) is 0.636. The normalized spacial score (nSPS) is 42.2. The van der Waals surface area contributed by atoms with Crippen molar-refractivity contribution < 1.29 is 28.9 Å². The number of rotatable bonds is 1. The summed E-state index contributed by atoms with van der Waals surface area (Å²) in [4.78, 5) is 30.4. The zero-order valence-corrected chi connectivity index (χ0v) is 24.4. The molecule has 0 unspecified atom stereocenters. The van der Waals surface area contributed by atoms with Crippen molar-refractivity contribution in [1.29, 1.82) is 0 Å². The second-order valence-corrected chi connectivity index (χ2v) is 14.1. The highest BCUT2D eigenvalue weighted by Gasteiger charge is 2.77. The minimum absolute atomic E-state index is 0.0186. The van der Waals surface area contributed by atoms with E-state index in [4.69, 9.17) is 14.2 Å². The third kappa shape index (κ3) is 3.28. The van der Waals surface area contributed by atoms with Crippen LogP contribution in [0, 0.1) is 34.5 Å². The number of aliphatic hydroxyl groups is 1. The number of carbonyl (C=O) groups is 2. The third-order valence-electron chi connectivity index (χ3n) is 11.2. The summed E-state index contributed by atoms with van der Waals surface area (Å²) in [7, 11) is 0. The lowest BCUT2D eigenvalue weighted by atomic mass is 9.59. The molecule has 6 aliphatic rings. The molecule has 8 atom stereocenters. The first-order valence-corrected chi connectivity index (χ1v) is 14.9. The van der Waals surface area contributed by atoms with Gasteiger partial charge in [0, 0.05) is 12.5 Å². The number of ketones is 1. The Morgan fingerprint density at radius 1 is 1.18 bits per heavy atom. The lowest BCUT2D eigenvalue weighted by molar-refractivity contribution is -0.302. The van der Waals surface area contributed by atoms with Crippen molar-refractivity contribution in [2.24, 2.45) is 34.5 Å². The molecule has 1 aromatic carbocycles. The maximum absolute atomic E-state index is 14.8. The zero-order chi connectivity index (χ0) is 28.4. The summed E-state index contributed by atoms with van der Waals surface area (Å²) < 4.78 is 18.9. The van der Waals surface area contributed by atoms with E-state index in [1.807, 2.05) is 57.2 Å². The molecule has 2 saturated carbocycles. The van der Waals surface area contributed by atoms with Crippen molar-refractivity contribution in [2.45, 2.75) is 84.4 Å². The number of carbonyl (C=O) groups excluding carboxylic acids is 2. The summed E-state index contributed by atoms with van der Waals surface area (Å²) in [6, 6.07) is 7.88. The van der Waals surface area contributed by atoms with Crippen LogP contribution in [0.3, 0.4) is 0 Å². The summed E-state index contributed by atoms with van der Waals surface area (Å²) in [5.41, 5.74) is 0.408. The molecule has 4 aliphatic carbocycles. The Morgan fingerprint density at radius 2 is 1.93 bits per heavy atom. The Bertz CT molecular complexity index is 1360. The molecule has 214 valence electrons. The summed E-state index contributed by atoms with van der Waals surface area (Å²) in [5.74, 6) is -0.885. The number of para-hydroxylation sites is 1. The number of fused-ring (bicyclic) bond motifs is 6. The fourth-order valence-corrected chi connectivity index (χ4v) is 9.19. The molecule has 2 bridgehead atoms. The quantitative estimate of drug-likeness (QED) is 0.486. The standard InChI is InChI=1S/C33H41NO6/c1-18-16-32-19(2)14-23-25(30(23,3)4)22(26(32)35)15-21-17-38-31(5,6)40-28(21)33(32,37)27(18)39-29(36)34-13-9-11-20-10-7-8-12-24(20)34/h7-8,10,12,15-16,19,22-23,25,27-28,37H,9,11,13-14,17H2,1-6H3/t19-,22+,23-,25+,27+,28-,32+,33-/m1/s1. The number of Topliss-reactive ketones (excluding diaryl/α,β-unsaturated/α-hetero) is 1. The van der Waals surface area contributed by atoms with Crippen LogP contribution in [0.1, 0.15) is 59.9 Å². The first kappa shape index (κ1) is 26.4. The molecule has 7 nitrogen and oxygen atoms in total. The minimum atomic E-state index is -1.80. The molecule has 1 N–H and O–H groups in total. The largest absolute Gasteiger partial charge is 0.438 e. The van der Waals surface area contributed by atoms with E-state index in [1.165, 1.54) is 0 Å². The molecule has 1 amide bonds. The van der Waals surface area contributed by atoms with Gasteiger partial charge in [-0.25, -0.2) is 4.79 Å². The molecular formula is C33H41NO6. The first-order chi connectivity index (χ1) is 18.8. The zero-order valence-electron chi connectivity index (χ0n) is 24.4. The second-order valence-electron chi connectivity index (χ2n) is 14.1. The minimum Gasteiger partial charge on any atom is -0.438 e. The second kappa shape index (κ2) is 8.30. The molecule has 0 aromatic heterocycles. The fourth-order valence-electron chi connectivity index (χ4n) is 9.19. The van der Waals surface area contributed by atoms with Gasteiger partial charge in [-0.2, -0.15) is 0 Å². The van der Waals surface area contributed by atoms with Gasteiger partial charge in [-0.3, -0.25) is 9.69 Å². The molecule has 1 spiro atoms. The van der Waals surface area contributed by atoms with Crippen LogP contribution >= 0.6 is 0 Å². The van der Waals surface area contributed by atoms with Crippen LogP contribution in [0.4, 0.5) is 10.5 Å². The van der Waals surface area contributed by atoms with E-state index in [-0.39, 0.29) is 35.6 Å². The lowest BCUT2D eigenvalue weighted by Crippen LogP contribution is -2.68. The van der Waals surface area contributed by atoms with Crippen molar-refractivity contribution in [3.05, 3.63) is 53.1 Å². The first-order valence-electron chi connectivity index (χ1n) is 14.9. The SMILES string of the molecule is CC1=C[C@]23C(=O)[C@@H](C=C4COC(C)(C)O[C@H]4[C@]2(O)[C@H]1OC(=O)N1CCCc2ccccc21)[C@H]1[C@@H](C[C@H]3C)C1(C)C. The highest BCUT2D eigenvalue weighted by molar-refractivity contribution is 5.96. The van der Waals surface area contributed by atoms with Gasteiger partial charge < -0.3 is 19.3 Å². The molecule has 1 aromatic rings. The molecule has 7 rings (SSSR count). The Hall–Kier alpha value is -2.48. The lowest BCUT2D eigenvalue weighted by Gasteiger charge is -2.52. The van der Waals surface area contributed by atoms with Gasteiger partial charge in [0.05, 0.1) is 17.7 Å². The third-order valence-corrected chi connectivity index (χ3v) is 11.2. The monoisotopic (exact) mass is 547 g/mol. The number of benzene rings is 1. The predicted octanol–water partition coefficient (Wildman–Crippen LogP) is 5.21. The molecule has 3 fully saturated rings. The van der Waals surface area contributed by atoms with Gasteiger partial charge in [0.15, 0.2) is 23.3 Å². The van der Waals surface area contributed by atoms with Gasteiger partial charge in [-0.15, -0.1) is 0 Å². The van der Waals surface area contributed by atoms with Crippen molar-refractivity contribution in [1.82, 2.24) is 0 Å². The predicted molar refractivity (Wildman–Crippen MR) is 150 cm³/mol. The maximum Gasteiger partial charge on any atom is 0.414 e. The van der Waals surface area contributed by atoms with Gasteiger partial charge in [0.2, 0.25) is 0 Å². The van der Waals surface area contributed by atoms with Gasteiger partial charge in [0.1, 0.15) is 6.10 Å². The van der Waals surface area contributed by atoms with Crippen molar-refractivity contribution >= 4 is 17.6 Å². The number of ether oxygens (including phenoxy) is 3. The Labute approximate surface area is 236 Å². The van der Waals surface area contributed by atoms with E-state index in [2.05, 4.69) is 20.8 Å². The molecule has 40 heavy (non-hydrogen) atoms. The number of nitrogens with zero attached hydrogens (tertiary/aromatic N) is 1. The van der Waals surface area contributed by atoms with Crippen molar-refractivity contribution in [3.63, 3.8) is 0 Å². The molecule has 0 radical (unpaired) electrons. The van der Waals surface area contributed by atoms with Crippen LogP contribution in [0.15, 0.2) is 47.6 Å². The van der Waals surface area contributed by atoms with Gasteiger partial charge in [0.25, 0.3) is 0 Å². The molecular weight excluding hydrogens is 506 g/mol. The number of hydrogen-bond acceptors (Lipinski definition) is 6. The molecule has 2 heterocycles. The maximum atomic E-state index is 14.8. The van der Waals surface area contributed by atoms with E-state index in [1.54, 1.807) is 4.90 Å². The molecule has 1 saturated heterocycles. The number of aryl methyl sites for hydroxylation is 1. The summed E-state index contributed by atoms with van der Waals surface area (Å²) in [6.07, 6.45) is 4.13. The highest BCUT2D eigenvalue weighted by Crippen LogP contribution is 2.72. The average molecular weight is 548 g/mol. The number of anilines is 1. The number of hydrogen-bond donors (Lipinski definition) is 1. The van der Waals surface area contributed by atoms with Gasteiger partial charge in [-0.1, -0.05) is 51.1 Å². The van der Waals surface area contributed by atoms with Gasteiger partial charge >= 0.3 is 6.09 Å². The van der Waals surface area contributed by atoms with Crippen LogP contribution in [-0.4, -0.2) is 53.7 Å². The number of allylic oxidation sites excluding steroid dienone is 1.